The molecule has 0 N–H and O–H groups in total. The number of methoxy groups -OCH3 is 1. The number of likely N-dealkylation sites (tertiary alicyclic amines) is 1. The Kier molecular flexibility index (Phi) is 6.00. The van der Waals surface area contributed by atoms with Gasteiger partial charge >= 0.3 is 0 Å². The third-order valence-electron chi connectivity index (χ3n) is 7.38. The van der Waals surface area contributed by atoms with Gasteiger partial charge in [0, 0.05) is 38.4 Å². The molecule has 1 aliphatic carbocycles. The summed E-state index contributed by atoms with van der Waals surface area (Å²) in [5.41, 5.74) is 3.00. The number of benzene rings is 1. The second kappa shape index (κ2) is 9.03. The first kappa shape index (κ1) is 20.0. The standard InChI is InChI=1S/C25H33N3O2/c1-29-25-5-3-2-4-23(25)24-7-6-22(26-27-24)14-19-12-20-16-28(17-21(20)13-19)15-18-8-10-30-11-9-18/h2-7,18-21H,8-17H2,1H3/t19?,20-,21+. The SMILES string of the molecule is COc1ccccc1-c1ccc(CC2C[C@@H]3CN(CC4CCOCC4)C[C@@H]3C2)nn1. The lowest BCUT2D eigenvalue weighted by Gasteiger charge is -2.27. The van der Waals surface area contributed by atoms with Gasteiger partial charge in [-0.05, 0) is 80.0 Å². The van der Waals surface area contributed by atoms with Crippen molar-refractivity contribution in [3.8, 4) is 17.0 Å². The second-order valence-electron chi connectivity index (χ2n) is 9.45. The minimum absolute atomic E-state index is 0.761. The molecule has 1 unspecified atom stereocenters. The van der Waals surface area contributed by atoms with Crippen LogP contribution in [0.5, 0.6) is 5.75 Å². The maximum atomic E-state index is 5.52. The smallest absolute Gasteiger partial charge is 0.128 e. The zero-order chi connectivity index (χ0) is 20.3. The van der Waals surface area contributed by atoms with Crippen molar-refractivity contribution in [2.24, 2.45) is 23.7 Å². The van der Waals surface area contributed by atoms with Gasteiger partial charge in [-0.1, -0.05) is 12.1 Å². The van der Waals surface area contributed by atoms with Crippen molar-refractivity contribution in [1.29, 1.82) is 0 Å². The van der Waals surface area contributed by atoms with Crippen molar-refractivity contribution in [3.63, 3.8) is 0 Å². The highest BCUT2D eigenvalue weighted by Crippen LogP contribution is 2.43. The van der Waals surface area contributed by atoms with Gasteiger partial charge in [-0.2, -0.15) is 10.2 Å². The molecule has 1 saturated carbocycles. The summed E-state index contributed by atoms with van der Waals surface area (Å²) in [6, 6.07) is 12.2. The quantitative estimate of drug-likeness (QED) is 0.722. The lowest BCUT2D eigenvalue weighted by atomic mass is 9.98. The van der Waals surface area contributed by atoms with Crippen LogP contribution in [0, 0.1) is 23.7 Å². The first-order chi connectivity index (χ1) is 14.8. The summed E-state index contributed by atoms with van der Waals surface area (Å²) in [4.78, 5) is 2.74. The Balaban J connectivity index is 1.14. The third kappa shape index (κ3) is 4.37. The Morgan fingerprint density at radius 1 is 0.967 bits per heavy atom. The van der Waals surface area contributed by atoms with Crippen LogP contribution in [-0.2, 0) is 11.2 Å². The zero-order valence-corrected chi connectivity index (χ0v) is 18.0. The van der Waals surface area contributed by atoms with Crippen molar-refractivity contribution < 1.29 is 9.47 Å². The normalized spacial score (nSPS) is 27.3. The number of rotatable bonds is 6. The lowest BCUT2D eigenvalue weighted by molar-refractivity contribution is 0.0544. The predicted octanol–water partition coefficient (Wildman–Crippen LogP) is 4.08. The number of hydrogen-bond donors (Lipinski definition) is 0. The van der Waals surface area contributed by atoms with E-state index < -0.39 is 0 Å². The highest BCUT2D eigenvalue weighted by molar-refractivity contribution is 5.66. The van der Waals surface area contributed by atoms with Crippen molar-refractivity contribution in [3.05, 3.63) is 42.1 Å². The largest absolute Gasteiger partial charge is 0.496 e. The zero-order valence-electron chi connectivity index (χ0n) is 18.0. The van der Waals surface area contributed by atoms with Gasteiger partial charge in [0.05, 0.1) is 18.5 Å². The van der Waals surface area contributed by atoms with Crippen molar-refractivity contribution in [1.82, 2.24) is 15.1 Å². The van der Waals surface area contributed by atoms with Crippen LogP contribution in [0.15, 0.2) is 36.4 Å². The fourth-order valence-electron chi connectivity index (χ4n) is 5.90. The van der Waals surface area contributed by atoms with Gasteiger partial charge < -0.3 is 14.4 Å². The van der Waals surface area contributed by atoms with E-state index in [9.17, 15) is 0 Å². The van der Waals surface area contributed by atoms with Crippen LogP contribution < -0.4 is 4.74 Å². The van der Waals surface area contributed by atoms with Gasteiger partial charge in [0.25, 0.3) is 0 Å². The number of para-hydroxylation sites is 1. The molecule has 2 aromatic rings. The van der Waals surface area contributed by atoms with E-state index in [0.717, 1.165) is 66.0 Å². The average Bonchev–Trinajstić information content (AvgIpc) is 3.33. The number of aromatic nitrogens is 2. The molecule has 0 spiro atoms. The van der Waals surface area contributed by atoms with Crippen LogP contribution >= 0.6 is 0 Å². The molecule has 5 rings (SSSR count). The molecule has 3 aliphatic rings. The highest BCUT2D eigenvalue weighted by atomic mass is 16.5. The van der Waals surface area contributed by atoms with Crippen LogP contribution in [0.25, 0.3) is 11.3 Å². The van der Waals surface area contributed by atoms with Gasteiger partial charge in [0.15, 0.2) is 0 Å². The van der Waals surface area contributed by atoms with Gasteiger partial charge in [-0.3, -0.25) is 0 Å². The lowest BCUT2D eigenvalue weighted by Crippen LogP contribution is -2.31. The number of fused-ring (bicyclic) bond motifs is 1. The Morgan fingerprint density at radius 3 is 2.43 bits per heavy atom. The van der Waals surface area contributed by atoms with Crippen LogP contribution in [0.4, 0.5) is 0 Å². The molecule has 3 atom stereocenters. The summed E-state index contributed by atoms with van der Waals surface area (Å²) in [6.45, 7) is 5.82. The second-order valence-corrected chi connectivity index (χ2v) is 9.45. The molecular weight excluding hydrogens is 374 g/mol. The van der Waals surface area contributed by atoms with Gasteiger partial charge in [-0.15, -0.1) is 0 Å². The molecule has 2 saturated heterocycles. The van der Waals surface area contributed by atoms with E-state index in [-0.39, 0.29) is 0 Å². The summed E-state index contributed by atoms with van der Waals surface area (Å²) >= 11 is 0. The van der Waals surface area contributed by atoms with E-state index in [0.29, 0.717) is 0 Å². The minimum atomic E-state index is 0.761. The molecule has 5 nitrogen and oxygen atoms in total. The molecular formula is C25H33N3O2. The predicted molar refractivity (Wildman–Crippen MR) is 117 cm³/mol. The van der Waals surface area contributed by atoms with Crippen LogP contribution in [0.3, 0.4) is 0 Å². The first-order valence-corrected chi connectivity index (χ1v) is 11.5. The Morgan fingerprint density at radius 2 is 1.73 bits per heavy atom. The van der Waals surface area contributed by atoms with Crippen LogP contribution in [-0.4, -0.2) is 55.1 Å². The fraction of sp³-hybridized carbons (Fsp3) is 0.600. The van der Waals surface area contributed by atoms with Crippen molar-refractivity contribution in [2.75, 3.05) is 40.0 Å². The monoisotopic (exact) mass is 407 g/mol. The molecule has 3 heterocycles. The van der Waals surface area contributed by atoms with E-state index in [1.54, 1.807) is 7.11 Å². The van der Waals surface area contributed by atoms with E-state index >= 15 is 0 Å². The van der Waals surface area contributed by atoms with Crippen molar-refractivity contribution >= 4 is 0 Å². The molecule has 5 heteroatoms. The summed E-state index contributed by atoms with van der Waals surface area (Å²) < 4.78 is 11.0. The molecule has 3 fully saturated rings. The molecule has 160 valence electrons. The fourth-order valence-corrected chi connectivity index (χ4v) is 5.90. The molecule has 30 heavy (non-hydrogen) atoms. The first-order valence-electron chi connectivity index (χ1n) is 11.5. The van der Waals surface area contributed by atoms with E-state index in [4.69, 9.17) is 9.47 Å². The highest BCUT2D eigenvalue weighted by Gasteiger charge is 2.41. The van der Waals surface area contributed by atoms with Gasteiger partial charge in [-0.25, -0.2) is 0 Å². The summed E-state index contributed by atoms with van der Waals surface area (Å²) in [5.74, 6) is 4.22. The van der Waals surface area contributed by atoms with E-state index in [1.165, 1.54) is 45.3 Å². The molecule has 2 aliphatic heterocycles. The summed E-state index contributed by atoms with van der Waals surface area (Å²) in [5, 5.41) is 9.05. The summed E-state index contributed by atoms with van der Waals surface area (Å²) in [7, 11) is 1.70. The molecule has 1 aromatic carbocycles. The number of nitrogens with zero attached hydrogens (tertiary/aromatic N) is 3. The Labute approximate surface area is 179 Å². The van der Waals surface area contributed by atoms with Crippen LogP contribution in [0.1, 0.15) is 31.4 Å². The molecule has 1 aromatic heterocycles. The average molecular weight is 408 g/mol. The Bertz CT molecular complexity index is 821. The minimum Gasteiger partial charge on any atom is -0.496 e. The number of hydrogen-bond acceptors (Lipinski definition) is 5. The maximum Gasteiger partial charge on any atom is 0.128 e. The number of ether oxygens (including phenoxy) is 2. The molecule has 0 amide bonds. The molecule has 0 bridgehead atoms. The molecule has 0 radical (unpaired) electrons. The van der Waals surface area contributed by atoms with E-state index in [2.05, 4.69) is 27.2 Å². The third-order valence-corrected chi connectivity index (χ3v) is 7.38. The van der Waals surface area contributed by atoms with Crippen LogP contribution in [0.2, 0.25) is 0 Å². The van der Waals surface area contributed by atoms with E-state index in [1.807, 2.05) is 24.3 Å². The van der Waals surface area contributed by atoms with Gasteiger partial charge in [0.1, 0.15) is 5.75 Å². The van der Waals surface area contributed by atoms with Crippen molar-refractivity contribution in [2.45, 2.75) is 32.1 Å². The Hall–Kier alpha value is -1.98. The van der Waals surface area contributed by atoms with Gasteiger partial charge in [0.2, 0.25) is 0 Å². The topological polar surface area (TPSA) is 47.5 Å². The maximum absolute atomic E-state index is 5.52. The summed E-state index contributed by atoms with van der Waals surface area (Å²) in [6.07, 6.45) is 6.26.